The quantitative estimate of drug-likeness (QED) is 0.718. The van der Waals surface area contributed by atoms with Gasteiger partial charge in [-0.05, 0) is 57.2 Å². The van der Waals surface area contributed by atoms with Crippen LogP contribution in [0.15, 0.2) is 18.2 Å². The van der Waals surface area contributed by atoms with E-state index < -0.39 is 0 Å². The highest BCUT2D eigenvalue weighted by Crippen LogP contribution is 2.40. The summed E-state index contributed by atoms with van der Waals surface area (Å²) in [4.78, 5) is 9.36. The average molecular weight is 345 g/mol. The normalized spacial score (nSPS) is 15.2. The molecule has 2 aromatic rings. The molecule has 0 aliphatic heterocycles. The third-order valence-corrected chi connectivity index (χ3v) is 5.00. The molecule has 1 atom stereocenters. The van der Waals surface area contributed by atoms with E-state index in [1.165, 1.54) is 12.8 Å². The second-order valence-corrected chi connectivity index (χ2v) is 7.13. The zero-order valence-corrected chi connectivity index (χ0v) is 15.5. The molecule has 0 bridgehead atoms. The van der Waals surface area contributed by atoms with Gasteiger partial charge in [-0.2, -0.15) is 4.98 Å². The van der Waals surface area contributed by atoms with Gasteiger partial charge in [-0.1, -0.05) is 24.6 Å². The molecule has 0 saturated heterocycles. The lowest BCUT2D eigenvalue weighted by atomic mass is 10.1. The van der Waals surface area contributed by atoms with E-state index in [2.05, 4.69) is 42.5 Å². The van der Waals surface area contributed by atoms with Crippen LogP contribution >= 0.6 is 11.6 Å². The first kappa shape index (κ1) is 17.0. The van der Waals surface area contributed by atoms with E-state index in [1.807, 2.05) is 19.1 Å². The highest BCUT2D eigenvalue weighted by molar-refractivity contribution is 6.31. The molecule has 4 nitrogen and oxygen atoms in total. The molecule has 0 amide bonds. The fraction of sp³-hybridized carbons (Fsp3) is 0.474. The fourth-order valence-corrected chi connectivity index (χ4v) is 2.80. The van der Waals surface area contributed by atoms with Gasteiger partial charge < -0.3 is 10.6 Å². The SMILES string of the molecule is CC[C@@H](C)Nc1nc(Nc2c(C)ccc(Cl)c2C)cc(C2CC2)n1. The maximum atomic E-state index is 6.28. The summed E-state index contributed by atoms with van der Waals surface area (Å²) in [5.41, 5.74) is 4.34. The van der Waals surface area contributed by atoms with E-state index in [4.69, 9.17) is 16.6 Å². The molecule has 1 fully saturated rings. The molecule has 1 aliphatic carbocycles. The summed E-state index contributed by atoms with van der Waals surface area (Å²) in [6.07, 6.45) is 3.47. The van der Waals surface area contributed by atoms with E-state index in [0.29, 0.717) is 17.9 Å². The van der Waals surface area contributed by atoms with Crippen LogP contribution in [0.25, 0.3) is 0 Å². The maximum absolute atomic E-state index is 6.28. The van der Waals surface area contributed by atoms with Crippen LogP contribution in [0.2, 0.25) is 5.02 Å². The van der Waals surface area contributed by atoms with Gasteiger partial charge in [0.2, 0.25) is 5.95 Å². The van der Waals surface area contributed by atoms with Gasteiger partial charge in [0.15, 0.2) is 0 Å². The molecular formula is C19H25ClN4. The molecule has 1 aliphatic rings. The van der Waals surface area contributed by atoms with Crippen LogP contribution < -0.4 is 10.6 Å². The van der Waals surface area contributed by atoms with Gasteiger partial charge in [-0.15, -0.1) is 0 Å². The summed E-state index contributed by atoms with van der Waals surface area (Å²) in [5, 5.41) is 7.62. The Kier molecular flexibility index (Phi) is 4.95. The van der Waals surface area contributed by atoms with Crippen LogP contribution in [-0.2, 0) is 0 Å². The van der Waals surface area contributed by atoms with Gasteiger partial charge in [-0.25, -0.2) is 4.98 Å². The third-order valence-electron chi connectivity index (χ3n) is 4.59. The number of benzene rings is 1. The van der Waals surface area contributed by atoms with Crippen molar-refractivity contribution in [2.45, 2.75) is 58.9 Å². The Morgan fingerprint density at radius 2 is 2.00 bits per heavy atom. The topological polar surface area (TPSA) is 49.8 Å². The maximum Gasteiger partial charge on any atom is 0.225 e. The Morgan fingerprint density at radius 1 is 1.25 bits per heavy atom. The highest BCUT2D eigenvalue weighted by atomic mass is 35.5. The van der Waals surface area contributed by atoms with Gasteiger partial charge in [0.1, 0.15) is 5.82 Å². The number of hydrogen-bond donors (Lipinski definition) is 2. The molecule has 1 heterocycles. The zero-order valence-electron chi connectivity index (χ0n) is 14.8. The molecule has 1 aromatic heterocycles. The number of hydrogen-bond acceptors (Lipinski definition) is 4. The highest BCUT2D eigenvalue weighted by Gasteiger charge is 2.26. The molecule has 3 rings (SSSR count). The lowest BCUT2D eigenvalue weighted by Gasteiger charge is -2.16. The van der Waals surface area contributed by atoms with Gasteiger partial charge >= 0.3 is 0 Å². The molecule has 2 N–H and O–H groups in total. The smallest absolute Gasteiger partial charge is 0.225 e. The summed E-state index contributed by atoms with van der Waals surface area (Å²) >= 11 is 6.28. The van der Waals surface area contributed by atoms with E-state index in [0.717, 1.165) is 39.8 Å². The number of aryl methyl sites for hydroxylation is 1. The van der Waals surface area contributed by atoms with Crippen molar-refractivity contribution in [3.63, 3.8) is 0 Å². The van der Waals surface area contributed by atoms with Crippen molar-refractivity contribution in [1.29, 1.82) is 0 Å². The van der Waals surface area contributed by atoms with Crippen molar-refractivity contribution in [3.8, 4) is 0 Å². The van der Waals surface area contributed by atoms with E-state index in [-0.39, 0.29) is 0 Å². The van der Waals surface area contributed by atoms with Crippen LogP contribution in [0.4, 0.5) is 17.5 Å². The molecule has 5 heteroatoms. The van der Waals surface area contributed by atoms with Crippen LogP contribution in [0.1, 0.15) is 55.8 Å². The van der Waals surface area contributed by atoms with Gasteiger partial charge in [0.25, 0.3) is 0 Å². The van der Waals surface area contributed by atoms with Gasteiger partial charge in [-0.3, -0.25) is 0 Å². The summed E-state index contributed by atoms with van der Waals surface area (Å²) < 4.78 is 0. The van der Waals surface area contributed by atoms with Crippen molar-refractivity contribution in [1.82, 2.24) is 9.97 Å². The van der Waals surface area contributed by atoms with Crippen molar-refractivity contribution >= 4 is 29.1 Å². The Labute approximate surface area is 149 Å². The zero-order chi connectivity index (χ0) is 17.3. The molecule has 128 valence electrons. The molecule has 1 saturated carbocycles. The predicted molar refractivity (Wildman–Crippen MR) is 102 cm³/mol. The van der Waals surface area contributed by atoms with Crippen molar-refractivity contribution in [2.24, 2.45) is 0 Å². The molecular weight excluding hydrogens is 320 g/mol. The second kappa shape index (κ2) is 6.98. The number of nitrogens with zero attached hydrogens (tertiary/aromatic N) is 2. The summed E-state index contributed by atoms with van der Waals surface area (Å²) in [6, 6.07) is 6.38. The van der Waals surface area contributed by atoms with Crippen LogP contribution in [-0.4, -0.2) is 16.0 Å². The number of nitrogens with one attached hydrogen (secondary N) is 2. The predicted octanol–water partition coefficient (Wildman–Crippen LogP) is 5.58. The molecule has 24 heavy (non-hydrogen) atoms. The van der Waals surface area contributed by atoms with Crippen molar-refractivity contribution < 1.29 is 0 Å². The van der Waals surface area contributed by atoms with E-state index in [1.54, 1.807) is 0 Å². The minimum atomic E-state index is 0.349. The standard InChI is InChI=1S/C19H25ClN4/c1-5-12(3)21-19-22-16(14-7-8-14)10-17(24-19)23-18-11(2)6-9-15(20)13(18)4/h6,9-10,12,14H,5,7-8H2,1-4H3,(H2,21,22,23,24)/t12-/m1/s1. The molecule has 0 spiro atoms. The summed E-state index contributed by atoms with van der Waals surface area (Å²) in [5.74, 6) is 2.10. The lowest BCUT2D eigenvalue weighted by Crippen LogP contribution is -2.16. The largest absolute Gasteiger partial charge is 0.352 e. The third kappa shape index (κ3) is 3.81. The van der Waals surface area contributed by atoms with Crippen molar-refractivity contribution in [2.75, 3.05) is 10.6 Å². The first-order valence-corrected chi connectivity index (χ1v) is 9.04. The van der Waals surface area contributed by atoms with E-state index >= 15 is 0 Å². The number of anilines is 3. The minimum Gasteiger partial charge on any atom is -0.352 e. The monoisotopic (exact) mass is 344 g/mol. The van der Waals surface area contributed by atoms with Crippen LogP contribution in [0.3, 0.4) is 0 Å². The number of rotatable bonds is 6. The van der Waals surface area contributed by atoms with Crippen LogP contribution in [0.5, 0.6) is 0 Å². The molecule has 0 radical (unpaired) electrons. The summed E-state index contributed by atoms with van der Waals surface area (Å²) in [6.45, 7) is 8.40. The first-order chi connectivity index (χ1) is 11.5. The van der Waals surface area contributed by atoms with Crippen LogP contribution in [0, 0.1) is 13.8 Å². The number of aromatic nitrogens is 2. The van der Waals surface area contributed by atoms with Gasteiger partial charge in [0.05, 0.1) is 5.69 Å². The molecule has 1 aromatic carbocycles. The average Bonchev–Trinajstić information content (AvgIpc) is 3.40. The van der Waals surface area contributed by atoms with Gasteiger partial charge in [0, 0.05) is 28.7 Å². The number of halogens is 1. The lowest BCUT2D eigenvalue weighted by molar-refractivity contribution is 0.750. The Hall–Kier alpha value is -1.81. The fourth-order valence-electron chi connectivity index (χ4n) is 2.65. The first-order valence-electron chi connectivity index (χ1n) is 8.66. The van der Waals surface area contributed by atoms with Crippen molar-refractivity contribution in [3.05, 3.63) is 40.0 Å². The Morgan fingerprint density at radius 3 is 2.67 bits per heavy atom. The minimum absolute atomic E-state index is 0.349. The second-order valence-electron chi connectivity index (χ2n) is 6.72. The Balaban J connectivity index is 1.94. The molecule has 0 unspecified atom stereocenters. The summed E-state index contributed by atoms with van der Waals surface area (Å²) in [7, 11) is 0. The Bertz CT molecular complexity index is 740. The van der Waals surface area contributed by atoms with E-state index in [9.17, 15) is 0 Å².